The molecule has 2 aliphatic rings. The topological polar surface area (TPSA) is 119 Å². The van der Waals surface area contributed by atoms with Crippen LogP contribution in [0.15, 0.2) is 0 Å². The number of nitrogens with zero attached hydrogens (tertiary/aromatic N) is 2. The van der Waals surface area contributed by atoms with Gasteiger partial charge in [-0.15, -0.1) is 0 Å². The lowest BCUT2D eigenvalue weighted by molar-refractivity contribution is -0.140. The van der Waals surface area contributed by atoms with Gasteiger partial charge in [-0.25, -0.2) is 4.79 Å². The van der Waals surface area contributed by atoms with E-state index in [9.17, 15) is 24.3 Å². The van der Waals surface area contributed by atoms with Gasteiger partial charge in [-0.3, -0.25) is 14.4 Å². The molecule has 3 N–H and O–H groups in total. The lowest BCUT2D eigenvalue weighted by Gasteiger charge is -2.31. The van der Waals surface area contributed by atoms with E-state index >= 15 is 0 Å². The first-order valence-electron chi connectivity index (χ1n) is 11.4. The standard InChI is InChI=1S/C22H38N4O5/c1-14(2)7-8-23-20(29)12-24-22(31)26-13-16(27)11-18(26)21(30)25-9-5-6-17(25)19(28)10-15(3)4/h14-18,27H,5-13H2,1-4H3,(H,23,29)(H,24,31)/t16-,17?,18?/m0/s1. The third-order valence-electron chi connectivity index (χ3n) is 5.79. The minimum absolute atomic E-state index is 0.0235. The molecule has 2 fully saturated rings. The van der Waals surface area contributed by atoms with Crippen molar-refractivity contribution in [2.75, 3.05) is 26.2 Å². The number of hydrogen-bond acceptors (Lipinski definition) is 5. The van der Waals surface area contributed by atoms with Crippen molar-refractivity contribution in [2.24, 2.45) is 11.8 Å². The molecular formula is C22H38N4O5. The van der Waals surface area contributed by atoms with E-state index in [1.54, 1.807) is 4.90 Å². The molecule has 2 unspecified atom stereocenters. The lowest BCUT2D eigenvalue weighted by atomic mass is 9.99. The maximum Gasteiger partial charge on any atom is 0.318 e. The average Bonchev–Trinajstić information content (AvgIpc) is 3.31. The molecule has 0 aromatic heterocycles. The highest BCUT2D eigenvalue weighted by atomic mass is 16.3. The number of rotatable bonds is 9. The highest BCUT2D eigenvalue weighted by molar-refractivity contribution is 5.94. The Kier molecular flexibility index (Phi) is 9.28. The predicted octanol–water partition coefficient (Wildman–Crippen LogP) is 0.900. The maximum absolute atomic E-state index is 13.2. The molecule has 4 amide bonds. The monoisotopic (exact) mass is 438 g/mol. The van der Waals surface area contributed by atoms with Crippen LogP contribution in [-0.4, -0.2) is 82.9 Å². The Morgan fingerprint density at radius 1 is 1.00 bits per heavy atom. The van der Waals surface area contributed by atoms with E-state index in [1.165, 1.54) is 4.90 Å². The number of likely N-dealkylation sites (tertiary alicyclic amines) is 2. The van der Waals surface area contributed by atoms with E-state index in [0.717, 1.165) is 12.8 Å². The minimum atomic E-state index is -0.827. The number of nitrogens with one attached hydrogen (secondary N) is 2. The summed E-state index contributed by atoms with van der Waals surface area (Å²) in [4.78, 5) is 53.3. The number of aliphatic hydroxyl groups is 1. The second-order valence-corrected chi connectivity index (χ2v) is 9.50. The molecule has 0 bridgehead atoms. The van der Waals surface area contributed by atoms with Crippen LogP contribution in [0.1, 0.15) is 59.8 Å². The number of urea groups is 1. The van der Waals surface area contributed by atoms with Gasteiger partial charge in [0.1, 0.15) is 6.04 Å². The van der Waals surface area contributed by atoms with Crippen molar-refractivity contribution < 1.29 is 24.3 Å². The average molecular weight is 439 g/mol. The van der Waals surface area contributed by atoms with Crippen molar-refractivity contribution in [1.82, 2.24) is 20.4 Å². The van der Waals surface area contributed by atoms with Crippen LogP contribution < -0.4 is 10.6 Å². The number of aliphatic hydroxyl groups excluding tert-OH is 1. The van der Waals surface area contributed by atoms with Crippen LogP contribution >= 0.6 is 0 Å². The molecule has 9 heteroatoms. The number of hydrogen-bond donors (Lipinski definition) is 3. The van der Waals surface area contributed by atoms with Gasteiger partial charge in [0.2, 0.25) is 11.8 Å². The van der Waals surface area contributed by atoms with E-state index in [2.05, 4.69) is 24.5 Å². The molecule has 0 spiro atoms. The van der Waals surface area contributed by atoms with Crippen LogP contribution in [0.2, 0.25) is 0 Å². The van der Waals surface area contributed by atoms with Crippen LogP contribution in [0.4, 0.5) is 4.79 Å². The van der Waals surface area contributed by atoms with Gasteiger partial charge in [0.25, 0.3) is 0 Å². The Labute approximate surface area is 184 Å². The fourth-order valence-electron chi connectivity index (χ4n) is 4.19. The Hall–Kier alpha value is -2.16. The van der Waals surface area contributed by atoms with E-state index in [0.29, 0.717) is 31.8 Å². The fraction of sp³-hybridized carbons (Fsp3) is 0.818. The molecule has 9 nitrogen and oxygen atoms in total. The highest BCUT2D eigenvalue weighted by Crippen LogP contribution is 2.26. The first-order chi connectivity index (χ1) is 14.6. The number of ketones is 1. The summed E-state index contributed by atoms with van der Waals surface area (Å²) in [5.41, 5.74) is 0. The van der Waals surface area contributed by atoms with E-state index in [4.69, 9.17) is 0 Å². The smallest absolute Gasteiger partial charge is 0.318 e. The van der Waals surface area contributed by atoms with Crippen molar-refractivity contribution in [2.45, 2.75) is 78.0 Å². The Morgan fingerprint density at radius 2 is 1.71 bits per heavy atom. The lowest BCUT2D eigenvalue weighted by Crippen LogP contribution is -2.53. The second kappa shape index (κ2) is 11.5. The Morgan fingerprint density at radius 3 is 2.35 bits per heavy atom. The third kappa shape index (κ3) is 7.19. The Bertz CT molecular complexity index is 666. The van der Waals surface area contributed by atoms with Gasteiger partial charge in [-0.2, -0.15) is 0 Å². The molecular weight excluding hydrogens is 400 g/mol. The molecule has 2 heterocycles. The molecule has 2 saturated heterocycles. The van der Waals surface area contributed by atoms with Crippen LogP contribution in [0.25, 0.3) is 0 Å². The van der Waals surface area contributed by atoms with Crippen molar-refractivity contribution in [3.8, 4) is 0 Å². The number of Topliss-reactive ketones (excluding diaryl/α,β-unsaturated/α-hetero) is 1. The van der Waals surface area contributed by atoms with Crippen molar-refractivity contribution in [1.29, 1.82) is 0 Å². The van der Waals surface area contributed by atoms with Crippen molar-refractivity contribution in [3.05, 3.63) is 0 Å². The van der Waals surface area contributed by atoms with Crippen molar-refractivity contribution in [3.63, 3.8) is 0 Å². The highest BCUT2D eigenvalue weighted by Gasteiger charge is 2.44. The molecule has 0 aromatic carbocycles. The molecule has 0 aliphatic carbocycles. The first kappa shape index (κ1) is 25.1. The zero-order valence-electron chi connectivity index (χ0n) is 19.2. The molecule has 3 atom stereocenters. The van der Waals surface area contributed by atoms with Gasteiger partial charge in [-0.1, -0.05) is 27.7 Å². The van der Waals surface area contributed by atoms with E-state index < -0.39 is 24.2 Å². The fourth-order valence-corrected chi connectivity index (χ4v) is 4.19. The summed E-state index contributed by atoms with van der Waals surface area (Å²) in [7, 11) is 0. The quantitative estimate of drug-likeness (QED) is 0.494. The van der Waals surface area contributed by atoms with Gasteiger partial charge in [0, 0.05) is 32.5 Å². The molecule has 0 saturated carbocycles. The third-order valence-corrected chi connectivity index (χ3v) is 5.79. The van der Waals surface area contributed by atoms with Crippen LogP contribution in [-0.2, 0) is 14.4 Å². The predicted molar refractivity (Wildman–Crippen MR) is 116 cm³/mol. The minimum Gasteiger partial charge on any atom is -0.391 e. The first-order valence-corrected chi connectivity index (χ1v) is 11.4. The molecule has 2 aliphatic heterocycles. The van der Waals surface area contributed by atoms with Gasteiger partial charge < -0.3 is 25.5 Å². The summed E-state index contributed by atoms with van der Waals surface area (Å²) >= 11 is 0. The zero-order chi connectivity index (χ0) is 23.1. The number of carbonyl (C=O) groups excluding carboxylic acids is 4. The van der Waals surface area contributed by atoms with Crippen LogP contribution in [0, 0.1) is 11.8 Å². The molecule has 31 heavy (non-hydrogen) atoms. The summed E-state index contributed by atoms with van der Waals surface area (Å²) in [5.74, 6) is 0.138. The van der Waals surface area contributed by atoms with Gasteiger partial charge in [0.15, 0.2) is 5.78 Å². The van der Waals surface area contributed by atoms with Gasteiger partial charge in [-0.05, 0) is 31.1 Å². The SMILES string of the molecule is CC(C)CCNC(=O)CNC(=O)N1C[C@@H](O)CC1C(=O)N1CCCC1C(=O)CC(C)C. The second-order valence-electron chi connectivity index (χ2n) is 9.50. The molecule has 2 rings (SSSR count). The Balaban J connectivity index is 1.95. The van der Waals surface area contributed by atoms with Gasteiger partial charge >= 0.3 is 6.03 Å². The van der Waals surface area contributed by atoms with Crippen LogP contribution in [0.5, 0.6) is 0 Å². The van der Waals surface area contributed by atoms with E-state index in [1.807, 2.05) is 13.8 Å². The molecule has 176 valence electrons. The number of β-amino-alcohol motifs (C(OH)–C–C–N with tert-alkyl or cyclic N) is 1. The largest absolute Gasteiger partial charge is 0.391 e. The number of amides is 4. The summed E-state index contributed by atoms with van der Waals surface area (Å²) in [6.45, 7) is 8.91. The summed E-state index contributed by atoms with van der Waals surface area (Å²) in [6.07, 6.45) is 1.97. The maximum atomic E-state index is 13.2. The zero-order valence-corrected chi connectivity index (χ0v) is 19.2. The van der Waals surface area contributed by atoms with E-state index in [-0.39, 0.29) is 43.0 Å². The van der Waals surface area contributed by atoms with Gasteiger partial charge in [0.05, 0.1) is 18.7 Å². The number of carbonyl (C=O) groups is 4. The summed E-state index contributed by atoms with van der Waals surface area (Å²) in [6, 6.07) is -1.84. The van der Waals surface area contributed by atoms with Crippen molar-refractivity contribution >= 4 is 23.6 Å². The van der Waals surface area contributed by atoms with Crippen LogP contribution in [0.3, 0.4) is 0 Å². The molecule has 0 radical (unpaired) electrons. The summed E-state index contributed by atoms with van der Waals surface area (Å²) < 4.78 is 0. The normalized spacial score (nSPS) is 23.5. The summed E-state index contributed by atoms with van der Waals surface area (Å²) in [5, 5.41) is 15.4. The molecule has 0 aromatic rings.